The van der Waals surface area contributed by atoms with Crippen LogP contribution in [0.1, 0.15) is 29.8 Å². The molecule has 0 saturated heterocycles. The zero-order valence-corrected chi connectivity index (χ0v) is 19.8. The average Bonchev–Trinajstić information content (AvgIpc) is 2.78. The highest BCUT2D eigenvalue weighted by molar-refractivity contribution is 7.87. The van der Waals surface area contributed by atoms with Gasteiger partial charge in [-0.1, -0.05) is 32.0 Å². The van der Waals surface area contributed by atoms with Crippen molar-refractivity contribution in [1.82, 2.24) is 4.90 Å². The number of rotatable bonds is 9. The summed E-state index contributed by atoms with van der Waals surface area (Å²) in [4.78, 5) is 14.3. The molecule has 0 bridgehead atoms. The van der Waals surface area contributed by atoms with Crippen LogP contribution in [0.4, 0.5) is 8.78 Å². The summed E-state index contributed by atoms with van der Waals surface area (Å²) in [5.74, 6) is -1.52. The summed E-state index contributed by atoms with van der Waals surface area (Å²) < 4.78 is 63.3. The van der Waals surface area contributed by atoms with E-state index >= 15 is 0 Å². The van der Waals surface area contributed by atoms with Gasteiger partial charge in [-0.05, 0) is 60.0 Å². The third-order valence-corrected chi connectivity index (χ3v) is 6.13. The molecular weight excluding hydrogens is 464 g/mol. The van der Waals surface area contributed by atoms with Crippen molar-refractivity contribution in [2.75, 3.05) is 13.7 Å². The van der Waals surface area contributed by atoms with Crippen LogP contribution in [-0.4, -0.2) is 32.9 Å². The van der Waals surface area contributed by atoms with Crippen LogP contribution in [0.3, 0.4) is 0 Å². The molecule has 0 aliphatic carbocycles. The number of methoxy groups -OCH3 is 1. The maximum absolute atomic E-state index is 14.2. The average molecular weight is 490 g/mol. The van der Waals surface area contributed by atoms with E-state index in [1.54, 1.807) is 12.1 Å². The minimum Gasteiger partial charge on any atom is -0.493 e. The first-order valence-corrected chi connectivity index (χ1v) is 11.9. The second kappa shape index (κ2) is 10.6. The van der Waals surface area contributed by atoms with E-state index in [9.17, 15) is 22.0 Å². The lowest BCUT2D eigenvalue weighted by atomic mass is 10.1. The summed E-state index contributed by atoms with van der Waals surface area (Å²) in [7, 11) is -2.91. The largest absolute Gasteiger partial charge is 0.493 e. The Bertz CT molecular complexity index is 1260. The number of hydrogen-bond acceptors (Lipinski definition) is 5. The summed E-state index contributed by atoms with van der Waals surface area (Å²) in [5.41, 5.74) is 0.502. The van der Waals surface area contributed by atoms with Crippen molar-refractivity contribution in [2.45, 2.75) is 25.3 Å². The SMILES string of the molecule is COc1ccc(CN(CC(C)C)C(=O)c2ccccc2F)cc1OS(=O)(=O)c1ccc(F)cc1. The molecule has 1 amide bonds. The molecule has 0 saturated carbocycles. The molecule has 0 aliphatic rings. The first-order chi connectivity index (χ1) is 16.1. The molecule has 0 heterocycles. The van der Waals surface area contributed by atoms with Gasteiger partial charge in [-0.2, -0.15) is 8.42 Å². The third kappa shape index (κ3) is 6.11. The lowest BCUT2D eigenvalue weighted by Crippen LogP contribution is -2.34. The van der Waals surface area contributed by atoms with Crippen LogP contribution >= 0.6 is 0 Å². The highest BCUT2D eigenvalue weighted by Crippen LogP contribution is 2.31. The van der Waals surface area contributed by atoms with Crippen LogP contribution in [0.5, 0.6) is 11.5 Å². The standard InChI is InChI=1S/C25H25F2NO5S/c1-17(2)15-28(25(29)21-6-4-5-7-22(21)27)16-18-8-13-23(32-3)24(14-18)33-34(30,31)20-11-9-19(26)10-12-20/h4-14,17H,15-16H2,1-3H3. The molecule has 34 heavy (non-hydrogen) atoms. The number of amides is 1. The number of ether oxygens (including phenoxy) is 1. The minimum atomic E-state index is -4.27. The van der Waals surface area contributed by atoms with Crippen molar-refractivity contribution in [2.24, 2.45) is 5.92 Å². The Kier molecular flexibility index (Phi) is 7.88. The van der Waals surface area contributed by atoms with Gasteiger partial charge in [0, 0.05) is 13.1 Å². The van der Waals surface area contributed by atoms with Crippen LogP contribution in [0, 0.1) is 17.6 Å². The first kappa shape index (κ1) is 25.2. The molecule has 9 heteroatoms. The molecule has 0 spiro atoms. The molecule has 3 aromatic carbocycles. The molecule has 3 aromatic rings. The fourth-order valence-corrected chi connectivity index (χ4v) is 4.27. The van der Waals surface area contributed by atoms with Gasteiger partial charge in [0.15, 0.2) is 11.5 Å². The van der Waals surface area contributed by atoms with Gasteiger partial charge >= 0.3 is 10.1 Å². The Labute approximate surface area is 197 Å². The van der Waals surface area contributed by atoms with Crippen LogP contribution in [0.15, 0.2) is 71.6 Å². The predicted molar refractivity (Wildman–Crippen MR) is 123 cm³/mol. The van der Waals surface area contributed by atoms with Crippen molar-refractivity contribution < 1.29 is 30.9 Å². The Hall–Kier alpha value is -3.46. The molecule has 0 radical (unpaired) electrons. The Morgan fingerprint density at radius 3 is 2.26 bits per heavy atom. The molecule has 3 rings (SSSR count). The molecule has 0 aliphatic heterocycles. The van der Waals surface area contributed by atoms with Crippen LogP contribution < -0.4 is 8.92 Å². The molecular formula is C25H25F2NO5S. The summed E-state index contributed by atoms with van der Waals surface area (Å²) in [6.45, 7) is 4.30. The normalized spacial score (nSPS) is 11.4. The van der Waals surface area contributed by atoms with E-state index in [2.05, 4.69) is 0 Å². The van der Waals surface area contributed by atoms with Gasteiger partial charge in [-0.15, -0.1) is 0 Å². The van der Waals surface area contributed by atoms with Crippen molar-refractivity contribution in [3.05, 3.63) is 89.5 Å². The van der Waals surface area contributed by atoms with Crippen molar-refractivity contribution >= 4 is 16.0 Å². The Morgan fingerprint density at radius 1 is 0.971 bits per heavy atom. The van der Waals surface area contributed by atoms with E-state index < -0.39 is 27.7 Å². The van der Waals surface area contributed by atoms with E-state index in [1.807, 2.05) is 13.8 Å². The van der Waals surface area contributed by atoms with E-state index in [-0.39, 0.29) is 34.4 Å². The highest BCUT2D eigenvalue weighted by atomic mass is 32.2. The van der Waals surface area contributed by atoms with Crippen LogP contribution in [0.25, 0.3) is 0 Å². The van der Waals surface area contributed by atoms with Gasteiger partial charge in [0.25, 0.3) is 5.91 Å². The Morgan fingerprint density at radius 2 is 1.65 bits per heavy atom. The summed E-state index contributed by atoms with van der Waals surface area (Å²) in [6, 6.07) is 14.6. The van der Waals surface area contributed by atoms with Crippen molar-refractivity contribution in [3.8, 4) is 11.5 Å². The maximum atomic E-state index is 14.2. The molecule has 180 valence electrons. The number of carbonyl (C=O) groups excluding carboxylic acids is 1. The lowest BCUT2D eigenvalue weighted by Gasteiger charge is -2.25. The smallest absolute Gasteiger partial charge is 0.339 e. The second-order valence-corrected chi connectivity index (χ2v) is 9.58. The van der Waals surface area contributed by atoms with Gasteiger partial charge < -0.3 is 13.8 Å². The second-order valence-electron chi connectivity index (χ2n) is 8.04. The number of carbonyl (C=O) groups is 1. The molecule has 0 fully saturated rings. The Balaban J connectivity index is 1.91. The molecule has 6 nitrogen and oxygen atoms in total. The first-order valence-electron chi connectivity index (χ1n) is 10.5. The highest BCUT2D eigenvalue weighted by Gasteiger charge is 2.23. The molecule has 0 unspecified atom stereocenters. The molecule has 0 aromatic heterocycles. The zero-order chi connectivity index (χ0) is 24.9. The fraction of sp³-hybridized carbons (Fsp3) is 0.240. The fourth-order valence-electron chi connectivity index (χ4n) is 3.34. The number of halogens is 2. The topological polar surface area (TPSA) is 72.9 Å². The van der Waals surface area contributed by atoms with Gasteiger partial charge in [0.05, 0.1) is 12.7 Å². The monoisotopic (exact) mass is 489 g/mol. The number of nitrogens with zero attached hydrogens (tertiary/aromatic N) is 1. The zero-order valence-electron chi connectivity index (χ0n) is 19.0. The minimum absolute atomic E-state index is 0.0491. The summed E-state index contributed by atoms with van der Waals surface area (Å²) in [6.07, 6.45) is 0. The maximum Gasteiger partial charge on any atom is 0.339 e. The molecule has 0 N–H and O–H groups in total. The van der Waals surface area contributed by atoms with Crippen molar-refractivity contribution in [3.63, 3.8) is 0 Å². The van der Waals surface area contributed by atoms with Gasteiger partial charge in [-0.25, -0.2) is 8.78 Å². The van der Waals surface area contributed by atoms with E-state index in [0.29, 0.717) is 12.1 Å². The van der Waals surface area contributed by atoms with Crippen molar-refractivity contribution in [1.29, 1.82) is 0 Å². The summed E-state index contributed by atoms with van der Waals surface area (Å²) >= 11 is 0. The van der Waals surface area contributed by atoms with Gasteiger partial charge in [0.1, 0.15) is 16.5 Å². The third-order valence-electron chi connectivity index (χ3n) is 4.88. The van der Waals surface area contributed by atoms with Crippen LogP contribution in [-0.2, 0) is 16.7 Å². The number of benzene rings is 3. The quantitative estimate of drug-likeness (QED) is 0.394. The summed E-state index contributed by atoms with van der Waals surface area (Å²) in [5, 5.41) is 0. The van der Waals surface area contributed by atoms with E-state index in [4.69, 9.17) is 8.92 Å². The lowest BCUT2D eigenvalue weighted by molar-refractivity contribution is 0.0717. The predicted octanol–water partition coefficient (Wildman–Crippen LogP) is 5.04. The number of hydrogen-bond donors (Lipinski definition) is 0. The van der Waals surface area contributed by atoms with Gasteiger partial charge in [-0.3, -0.25) is 4.79 Å². The van der Waals surface area contributed by atoms with E-state index in [0.717, 1.165) is 24.3 Å². The van der Waals surface area contributed by atoms with Gasteiger partial charge in [0.2, 0.25) is 0 Å². The van der Waals surface area contributed by atoms with Crippen LogP contribution in [0.2, 0.25) is 0 Å². The molecule has 0 atom stereocenters. The van der Waals surface area contributed by atoms with E-state index in [1.165, 1.54) is 42.3 Å².